The number of allylic oxidation sites excluding steroid dienone is 2. The Morgan fingerprint density at radius 2 is 2.15 bits per heavy atom. The van der Waals surface area contributed by atoms with Crippen LogP contribution in [0.3, 0.4) is 0 Å². The van der Waals surface area contributed by atoms with E-state index in [2.05, 4.69) is 27.4 Å². The number of nitrogens with zero attached hydrogens (tertiary/aromatic N) is 4. The van der Waals surface area contributed by atoms with Gasteiger partial charge in [-0.3, -0.25) is 4.79 Å². The van der Waals surface area contributed by atoms with E-state index in [-0.39, 0.29) is 5.91 Å². The van der Waals surface area contributed by atoms with E-state index in [1.165, 1.54) is 0 Å². The Morgan fingerprint density at radius 1 is 1.35 bits per heavy atom. The number of amides is 1. The zero-order chi connectivity index (χ0) is 13.9. The fourth-order valence-corrected chi connectivity index (χ4v) is 2.90. The SMILES string of the molecule is Cc1nonc1N1CCN(C(=O)CC2C=CCC2)CC1. The van der Waals surface area contributed by atoms with Gasteiger partial charge >= 0.3 is 0 Å². The van der Waals surface area contributed by atoms with Crippen LogP contribution in [0.2, 0.25) is 0 Å². The number of piperazine rings is 1. The van der Waals surface area contributed by atoms with Crippen molar-refractivity contribution in [3.63, 3.8) is 0 Å². The quantitative estimate of drug-likeness (QED) is 0.781. The smallest absolute Gasteiger partial charge is 0.223 e. The zero-order valence-corrected chi connectivity index (χ0v) is 11.8. The highest BCUT2D eigenvalue weighted by molar-refractivity contribution is 5.77. The molecule has 1 saturated heterocycles. The van der Waals surface area contributed by atoms with Crippen LogP contribution in [0.1, 0.15) is 25.0 Å². The summed E-state index contributed by atoms with van der Waals surface area (Å²) in [7, 11) is 0. The van der Waals surface area contributed by atoms with Gasteiger partial charge in [-0.05, 0) is 30.8 Å². The molecule has 0 saturated carbocycles. The van der Waals surface area contributed by atoms with Gasteiger partial charge < -0.3 is 9.80 Å². The van der Waals surface area contributed by atoms with Crippen LogP contribution >= 0.6 is 0 Å². The molecule has 1 atom stereocenters. The van der Waals surface area contributed by atoms with Gasteiger partial charge in [0, 0.05) is 32.6 Å². The molecule has 3 rings (SSSR count). The number of aromatic nitrogens is 2. The Bertz CT molecular complexity index is 503. The number of carbonyl (C=O) groups excluding carboxylic acids is 1. The number of hydrogen-bond acceptors (Lipinski definition) is 5. The maximum absolute atomic E-state index is 12.2. The lowest BCUT2D eigenvalue weighted by molar-refractivity contribution is -0.132. The first kappa shape index (κ1) is 13.1. The summed E-state index contributed by atoms with van der Waals surface area (Å²) in [5.41, 5.74) is 0.806. The highest BCUT2D eigenvalue weighted by Gasteiger charge is 2.25. The van der Waals surface area contributed by atoms with Crippen molar-refractivity contribution in [2.45, 2.75) is 26.2 Å². The van der Waals surface area contributed by atoms with Crippen LogP contribution in [0.15, 0.2) is 16.8 Å². The maximum Gasteiger partial charge on any atom is 0.223 e. The summed E-state index contributed by atoms with van der Waals surface area (Å²) in [6, 6.07) is 0. The van der Waals surface area contributed by atoms with Gasteiger partial charge in [0.2, 0.25) is 5.91 Å². The minimum Gasteiger partial charge on any atom is -0.349 e. The molecule has 6 nitrogen and oxygen atoms in total. The first-order chi connectivity index (χ1) is 9.74. The Balaban J connectivity index is 1.52. The predicted molar refractivity (Wildman–Crippen MR) is 74.3 cm³/mol. The molecule has 1 unspecified atom stereocenters. The van der Waals surface area contributed by atoms with E-state index < -0.39 is 0 Å². The van der Waals surface area contributed by atoms with E-state index in [1.54, 1.807) is 0 Å². The van der Waals surface area contributed by atoms with Crippen LogP contribution in [-0.2, 0) is 4.79 Å². The molecule has 1 aliphatic carbocycles. The van der Waals surface area contributed by atoms with Gasteiger partial charge in [-0.2, -0.15) is 0 Å². The van der Waals surface area contributed by atoms with Crippen molar-refractivity contribution in [1.29, 1.82) is 0 Å². The molecule has 2 aliphatic rings. The minimum absolute atomic E-state index is 0.274. The van der Waals surface area contributed by atoms with E-state index in [9.17, 15) is 4.79 Å². The van der Waals surface area contributed by atoms with Crippen LogP contribution in [0.4, 0.5) is 5.82 Å². The van der Waals surface area contributed by atoms with E-state index in [0.717, 1.165) is 50.5 Å². The summed E-state index contributed by atoms with van der Waals surface area (Å²) < 4.78 is 4.73. The van der Waals surface area contributed by atoms with Crippen LogP contribution in [0.5, 0.6) is 0 Å². The normalized spacial score (nSPS) is 22.6. The number of anilines is 1. The number of aryl methyl sites for hydroxylation is 1. The van der Waals surface area contributed by atoms with E-state index in [1.807, 2.05) is 11.8 Å². The molecule has 0 N–H and O–H groups in total. The lowest BCUT2D eigenvalue weighted by Gasteiger charge is -2.35. The van der Waals surface area contributed by atoms with Crippen molar-refractivity contribution in [1.82, 2.24) is 15.2 Å². The Morgan fingerprint density at radius 3 is 2.75 bits per heavy atom. The first-order valence-electron chi connectivity index (χ1n) is 7.22. The standard InChI is InChI=1S/C14H20N4O2/c1-11-14(16-20-15-11)18-8-6-17(7-9-18)13(19)10-12-4-2-3-5-12/h2,4,12H,3,5-10H2,1H3. The third kappa shape index (κ3) is 2.69. The molecule has 0 spiro atoms. The van der Waals surface area contributed by atoms with Crippen molar-refractivity contribution < 1.29 is 9.42 Å². The van der Waals surface area contributed by atoms with Gasteiger partial charge in [-0.25, -0.2) is 4.63 Å². The largest absolute Gasteiger partial charge is 0.349 e. The Kier molecular flexibility index (Phi) is 3.71. The summed E-state index contributed by atoms with van der Waals surface area (Å²) in [4.78, 5) is 16.3. The van der Waals surface area contributed by atoms with Crippen LogP contribution in [-0.4, -0.2) is 47.3 Å². The van der Waals surface area contributed by atoms with Gasteiger partial charge in [0.1, 0.15) is 5.69 Å². The fraction of sp³-hybridized carbons (Fsp3) is 0.643. The van der Waals surface area contributed by atoms with Gasteiger partial charge in [0.15, 0.2) is 5.82 Å². The zero-order valence-electron chi connectivity index (χ0n) is 11.8. The molecule has 20 heavy (non-hydrogen) atoms. The molecule has 2 heterocycles. The Labute approximate surface area is 118 Å². The molecule has 1 aromatic heterocycles. The summed E-state index contributed by atoms with van der Waals surface area (Å²) >= 11 is 0. The summed E-state index contributed by atoms with van der Waals surface area (Å²) in [5, 5.41) is 7.72. The lowest BCUT2D eigenvalue weighted by Crippen LogP contribution is -2.49. The molecular formula is C14H20N4O2. The van der Waals surface area contributed by atoms with E-state index in [4.69, 9.17) is 4.63 Å². The molecule has 6 heteroatoms. The van der Waals surface area contributed by atoms with Crippen molar-refractivity contribution in [3.05, 3.63) is 17.8 Å². The first-order valence-corrected chi connectivity index (χ1v) is 7.22. The number of carbonyl (C=O) groups is 1. The summed E-state index contributed by atoms with van der Waals surface area (Å²) in [6.45, 7) is 4.97. The molecule has 1 fully saturated rings. The topological polar surface area (TPSA) is 62.5 Å². The molecule has 1 aliphatic heterocycles. The number of hydrogen-bond donors (Lipinski definition) is 0. The van der Waals surface area contributed by atoms with Crippen LogP contribution in [0.25, 0.3) is 0 Å². The summed E-state index contributed by atoms with van der Waals surface area (Å²) in [6.07, 6.45) is 7.25. The van der Waals surface area contributed by atoms with Crippen molar-refractivity contribution in [2.75, 3.05) is 31.1 Å². The third-order valence-electron chi connectivity index (χ3n) is 4.11. The van der Waals surface area contributed by atoms with Crippen molar-refractivity contribution in [2.24, 2.45) is 5.92 Å². The van der Waals surface area contributed by atoms with Gasteiger partial charge in [0.25, 0.3) is 0 Å². The number of rotatable bonds is 3. The second kappa shape index (κ2) is 5.64. The average Bonchev–Trinajstić information content (AvgIpc) is 3.10. The minimum atomic E-state index is 0.274. The predicted octanol–water partition coefficient (Wildman–Crippen LogP) is 1.38. The van der Waals surface area contributed by atoms with Crippen LogP contribution in [0, 0.1) is 12.8 Å². The van der Waals surface area contributed by atoms with Gasteiger partial charge in [0.05, 0.1) is 0 Å². The molecule has 0 radical (unpaired) electrons. The molecule has 1 amide bonds. The van der Waals surface area contributed by atoms with Gasteiger partial charge in [-0.15, -0.1) is 0 Å². The fourth-order valence-electron chi connectivity index (χ4n) is 2.90. The lowest BCUT2D eigenvalue weighted by atomic mass is 10.0. The second-order valence-electron chi connectivity index (χ2n) is 5.51. The molecule has 1 aromatic rings. The highest BCUT2D eigenvalue weighted by Crippen LogP contribution is 2.22. The summed E-state index contributed by atoms with van der Waals surface area (Å²) in [5.74, 6) is 1.52. The third-order valence-corrected chi connectivity index (χ3v) is 4.11. The van der Waals surface area contributed by atoms with E-state index >= 15 is 0 Å². The molecule has 0 bridgehead atoms. The molecular weight excluding hydrogens is 256 g/mol. The Hall–Kier alpha value is -1.85. The van der Waals surface area contributed by atoms with Crippen molar-refractivity contribution >= 4 is 11.7 Å². The van der Waals surface area contributed by atoms with Gasteiger partial charge in [-0.1, -0.05) is 17.3 Å². The van der Waals surface area contributed by atoms with E-state index in [0.29, 0.717) is 12.3 Å². The molecule has 0 aromatic carbocycles. The highest BCUT2D eigenvalue weighted by atomic mass is 16.6. The monoisotopic (exact) mass is 276 g/mol. The molecule has 108 valence electrons. The van der Waals surface area contributed by atoms with Crippen molar-refractivity contribution in [3.8, 4) is 0 Å². The maximum atomic E-state index is 12.2. The average molecular weight is 276 g/mol. The van der Waals surface area contributed by atoms with Crippen LogP contribution < -0.4 is 4.90 Å². The second-order valence-corrected chi connectivity index (χ2v) is 5.51.